The predicted molar refractivity (Wildman–Crippen MR) is 110 cm³/mol. The van der Waals surface area contributed by atoms with Gasteiger partial charge in [-0.2, -0.15) is 0 Å². The molecular formula is C18H22ClN5S2. The molecule has 0 aliphatic heterocycles. The number of thioether (sulfide) groups is 1. The van der Waals surface area contributed by atoms with Crippen LogP contribution in [0.15, 0.2) is 34.8 Å². The molecule has 0 radical (unpaired) electrons. The number of aryl methyl sites for hydroxylation is 1. The zero-order valence-corrected chi connectivity index (χ0v) is 17.7. The lowest BCUT2D eigenvalue weighted by Crippen LogP contribution is -2.20. The van der Waals surface area contributed by atoms with Crippen LogP contribution in [0, 0.1) is 0 Å². The highest BCUT2D eigenvalue weighted by Crippen LogP contribution is 2.29. The van der Waals surface area contributed by atoms with Crippen LogP contribution in [0.3, 0.4) is 0 Å². The lowest BCUT2D eigenvalue weighted by Gasteiger charge is -2.20. The van der Waals surface area contributed by atoms with Gasteiger partial charge in [-0.15, -0.1) is 21.5 Å². The molecule has 0 aliphatic rings. The van der Waals surface area contributed by atoms with Crippen LogP contribution in [0.4, 0.5) is 0 Å². The van der Waals surface area contributed by atoms with Crippen molar-refractivity contribution in [3.63, 3.8) is 0 Å². The maximum Gasteiger partial charge on any atom is 0.196 e. The van der Waals surface area contributed by atoms with Crippen LogP contribution < -0.4 is 0 Å². The van der Waals surface area contributed by atoms with Crippen molar-refractivity contribution in [2.75, 3.05) is 14.1 Å². The molecule has 138 valence electrons. The second kappa shape index (κ2) is 8.52. The zero-order valence-electron chi connectivity index (χ0n) is 15.3. The van der Waals surface area contributed by atoms with Crippen LogP contribution >= 0.6 is 34.7 Å². The van der Waals surface area contributed by atoms with Gasteiger partial charge in [0.05, 0.1) is 16.7 Å². The van der Waals surface area contributed by atoms with E-state index in [1.807, 2.05) is 38.4 Å². The maximum atomic E-state index is 6.06. The van der Waals surface area contributed by atoms with Gasteiger partial charge in [-0.3, -0.25) is 9.47 Å². The number of benzene rings is 1. The molecule has 8 heteroatoms. The number of rotatable bonds is 7. The molecule has 1 aromatic carbocycles. The van der Waals surface area contributed by atoms with Gasteiger partial charge in [-0.05, 0) is 51.7 Å². The molecule has 0 N–H and O–H groups in total. The van der Waals surface area contributed by atoms with Gasteiger partial charge < -0.3 is 0 Å². The molecule has 0 spiro atoms. The Bertz CT molecular complexity index is 857. The molecule has 0 fully saturated rings. The van der Waals surface area contributed by atoms with Crippen LogP contribution in [0.1, 0.15) is 36.4 Å². The van der Waals surface area contributed by atoms with Crippen molar-refractivity contribution in [2.45, 2.75) is 37.2 Å². The lowest BCUT2D eigenvalue weighted by molar-refractivity contribution is 0.305. The summed E-state index contributed by atoms with van der Waals surface area (Å²) in [4.78, 5) is 6.77. The predicted octanol–water partition coefficient (Wildman–Crippen LogP) is 4.85. The minimum Gasteiger partial charge on any atom is -0.300 e. The quantitative estimate of drug-likeness (QED) is 0.523. The van der Waals surface area contributed by atoms with E-state index in [1.165, 1.54) is 5.01 Å². The summed E-state index contributed by atoms with van der Waals surface area (Å²) in [6.45, 7) is 4.25. The van der Waals surface area contributed by atoms with Gasteiger partial charge in [0.2, 0.25) is 0 Å². The first kappa shape index (κ1) is 19.4. The topological polar surface area (TPSA) is 46.8 Å². The molecule has 0 saturated heterocycles. The molecular weight excluding hydrogens is 386 g/mol. The van der Waals surface area contributed by atoms with Gasteiger partial charge in [0.25, 0.3) is 0 Å². The van der Waals surface area contributed by atoms with E-state index in [9.17, 15) is 0 Å². The Hall–Kier alpha value is -1.41. The number of nitrogens with zero attached hydrogens (tertiary/aromatic N) is 5. The summed E-state index contributed by atoms with van der Waals surface area (Å²) in [6.07, 6.45) is 0.973. The second-order valence-corrected chi connectivity index (χ2v) is 8.49. The highest BCUT2D eigenvalue weighted by Gasteiger charge is 2.21. The van der Waals surface area contributed by atoms with Gasteiger partial charge in [-0.1, -0.05) is 30.3 Å². The van der Waals surface area contributed by atoms with E-state index in [4.69, 9.17) is 11.6 Å². The Balaban J connectivity index is 1.92. The van der Waals surface area contributed by atoms with Crippen molar-refractivity contribution in [3.05, 3.63) is 51.2 Å². The molecule has 0 amide bonds. The number of halogens is 1. The normalized spacial score (nSPS) is 12.7. The molecule has 1 unspecified atom stereocenters. The fourth-order valence-electron chi connectivity index (χ4n) is 2.43. The minimum atomic E-state index is 0.137. The van der Waals surface area contributed by atoms with Crippen LogP contribution in [-0.2, 0) is 12.2 Å². The minimum absolute atomic E-state index is 0.137. The number of hydrogen-bond donors (Lipinski definition) is 0. The molecule has 2 aromatic heterocycles. The highest BCUT2D eigenvalue weighted by molar-refractivity contribution is 7.98. The van der Waals surface area contributed by atoms with Crippen molar-refractivity contribution in [3.8, 4) is 5.69 Å². The molecule has 2 heterocycles. The number of aromatic nitrogens is 4. The Labute approximate surface area is 167 Å². The van der Waals surface area contributed by atoms with Gasteiger partial charge in [0.1, 0.15) is 0 Å². The second-order valence-electron chi connectivity index (χ2n) is 6.17. The van der Waals surface area contributed by atoms with E-state index in [2.05, 4.69) is 43.9 Å². The van der Waals surface area contributed by atoms with Crippen molar-refractivity contribution in [1.29, 1.82) is 0 Å². The van der Waals surface area contributed by atoms with Gasteiger partial charge in [0, 0.05) is 21.8 Å². The smallest absolute Gasteiger partial charge is 0.196 e. The summed E-state index contributed by atoms with van der Waals surface area (Å²) in [5.74, 6) is 1.69. The molecule has 3 aromatic rings. The maximum absolute atomic E-state index is 6.06. The van der Waals surface area contributed by atoms with Gasteiger partial charge in [-0.25, -0.2) is 4.98 Å². The van der Waals surface area contributed by atoms with E-state index < -0.39 is 0 Å². The summed E-state index contributed by atoms with van der Waals surface area (Å²) < 4.78 is 2.11. The zero-order chi connectivity index (χ0) is 18.7. The Kier molecular flexibility index (Phi) is 6.34. The Morgan fingerprint density at radius 1 is 1.23 bits per heavy atom. The largest absolute Gasteiger partial charge is 0.300 e. The molecule has 26 heavy (non-hydrogen) atoms. The summed E-state index contributed by atoms with van der Waals surface area (Å²) in [7, 11) is 4.08. The molecule has 1 atom stereocenters. The van der Waals surface area contributed by atoms with E-state index in [0.717, 1.165) is 34.5 Å². The highest BCUT2D eigenvalue weighted by atomic mass is 35.5. The number of hydrogen-bond acceptors (Lipinski definition) is 6. The standard InChI is InChI=1S/C18H22ClN5S2/c1-5-16-20-14(10-25-16)11-26-18-22-21-17(12(2)23(3)4)24(18)15-8-6-13(19)7-9-15/h6-10,12H,5,11H2,1-4H3. The monoisotopic (exact) mass is 407 g/mol. The van der Waals surface area contributed by atoms with E-state index >= 15 is 0 Å². The fraction of sp³-hybridized carbons (Fsp3) is 0.389. The molecule has 0 aliphatic carbocycles. The van der Waals surface area contributed by atoms with Crippen molar-refractivity contribution < 1.29 is 0 Å². The lowest BCUT2D eigenvalue weighted by atomic mass is 10.2. The first-order chi connectivity index (χ1) is 12.5. The van der Waals surface area contributed by atoms with E-state index in [-0.39, 0.29) is 6.04 Å². The summed E-state index contributed by atoms with van der Waals surface area (Å²) in [5, 5.41) is 13.8. The Morgan fingerprint density at radius 2 is 1.96 bits per heavy atom. The summed E-state index contributed by atoms with van der Waals surface area (Å²) >= 11 is 9.43. The van der Waals surface area contributed by atoms with Crippen LogP contribution in [0.25, 0.3) is 5.69 Å². The van der Waals surface area contributed by atoms with E-state index in [0.29, 0.717) is 5.02 Å². The fourth-order valence-corrected chi connectivity index (χ4v) is 4.25. The Morgan fingerprint density at radius 3 is 2.58 bits per heavy atom. The van der Waals surface area contributed by atoms with Crippen LogP contribution in [0.5, 0.6) is 0 Å². The van der Waals surface area contributed by atoms with Crippen molar-refractivity contribution in [1.82, 2.24) is 24.6 Å². The SMILES string of the molecule is CCc1nc(CSc2nnc(C(C)N(C)C)n2-c2ccc(Cl)cc2)cs1. The van der Waals surface area contributed by atoms with Crippen LogP contribution in [0.2, 0.25) is 5.02 Å². The third-order valence-corrected chi connectivity index (χ3v) is 6.40. The van der Waals surface area contributed by atoms with Crippen molar-refractivity contribution >= 4 is 34.7 Å². The summed E-state index contributed by atoms with van der Waals surface area (Å²) in [5.41, 5.74) is 2.10. The van der Waals surface area contributed by atoms with Crippen molar-refractivity contribution in [2.24, 2.45) is 0 Å². The molecule has 0 bridgehead atoms. The number of thiazole rings is 1. The first-order valence-electron chi connectivity index (χ1n) is 8.43. The first-order valence-corrected chi connectivity index (χ1v) is 10.7. The third-order valence-electron chi connectivity index (χ3n) is 4.14. The van der Waals surface area contributed by atoms with Crippen LogP contribution in [-0.4, -0.2) is 38.7 Å². The molecule has 0 saturated carbocycles. The average molecular weight is 408 g/mol. The summed E-state index contributed by atoms with van der Waals surface area (Å²) in [6, 6.07) is 7.92. The molecule has 3 rings (SSSR count). The third kappa shape index (κ3) is 4.28. The van der Waals surface area contributed by atoms with E-state index in [1.54, 1.807) is 23.1 Å². The van der Waals surface area contributed by atoms with Gasteiger partial charge in [0.15, 0.2) is 11.0 Å². The van der Waals surface area contributed by atoms with Gasteiger partial charge >= 0.3 is 0 Å². The average Bonchev–Trinajstić information content (AvgIpc) is 3.26. The molecule has 5 nitrogen and oxygen atoms in total.